The molecule has 4 rings (SSSR count). The molecular formula is C22H32S10. The Morgan fingerprint density at radius 1 is 0.594 bits per heavy atom. The second-order valence-corrected chi connectivity index (χ2v) is 20.0. The van der Waals surface area contributed by atoms with Crippen LogP contribution in [0.5, 0.6) is 0 Å². The zero-order chi connectivity index (χ0) is 22.0. The van der Waals surface area contributed by atoms with Gasteiger partial charge in [0, 0.05) is 17.3 Å². The van der Waals surface area contributed by atoms with Gasteiger partial charge in [0.05, 0.1) is 30.0 Å². The number of hydrogen-bond acceptors (Lipinski definition) is 10. The minimum atomic E-state index is 0.745. The number of hydrogen-bond donors (Lipinski definition) is 1. The van der Waals surface area contributed by atoms with Crippen molar-refractivity contribution in [2.45, 2.75) is 68.8 Å². The summed E-state index contributed by atoms with van der Waals surface area (Å²) in [6.07, 6.45) is 14.1. The molecule has 0 aliphatic carbocycles. The van der Waals surface area contributed by atoms with Gasteiger partial charge in [-0.1, -0.05) is 98.4 Å². The highest BCUT2D eigenvalue weighted by atomic mass is 32.3. The Labute approximate surface area is 239 Å². The van der Waals surface area contributed by atoms with Crippen LogP contribution in [0, 0.1) is 0 Å². The Bertz CT molecular complexity index is 694. The molecule has 180 valence electrons. The Balaban J connectivity index is 1.05. The highest BCUT2D eigenvalue weighted by Crippen LogP contribution is 2.68. The second kappa shape index (κ2) is 15.9. The van der Waals surface area contributed by atoms with E-state index in [4.69, 9.17) is 0 Å². The molecule has 4 aliphatic rings. The molecule has 0 spiro atoms. The third-order valence-electron chi connectivity index (χ3n) is 5.24. The van der Waals surface area contributed by atoms with Gasteiger partial charge in [0.25, 0.3) is 0 Å². The molecule has 4 aliphatic heterocycles. The van der Waals surface area contributed by atoms with E-state index in [9.17, 15) is 0 Å². The summed E-state index contributed by atoms with van der Waals surface area (Å²) < 4.78 is 10.1. The van der Waals surface area contributed by atoms with Gasteiger partial charge in [0.1, 0.15) is 0 Å². The molecule has 4 heterocycles. The first kappa shape index (κ1) is 27.7. The highest BCUT2D eigenvalue weighted by molar-refractivity contribution is 8.46. The monoisotopic (exact) mass is 616 g/mol. The summed E-state index contributed by atoms with van der Waals surface area (Å²) in [7, 11) is 0. The Kier molecular flexibility index (Phi) is 13.7. The Hall–Kier alpha value is 2.72. The van der Waals surface area contributed by atoms with Gasteiger partial charge in [-0.05, 0) is 24.3 Å². The predicted octanol–water partition coefficient (Wildman–Crippen LogP) is 11.2. The maximum absolute atomic E-state index is 4.29. The minimum Gasteiger partial charge on any atom is -0.179 e. The zero-order valence-corrected chi connectivity index (χ0v) is 26.5. The molecule has 0 aromatic carbocycles. The summed E-state index contributed by atoms with van der Waals surface area (Å²) in [4.78, 5) is 0. The molecule has 0 saturated carbocycles. The van der Waals surface area contributed by atoms with Crippen LogP contribution in [0.2, 0.25) is 0 Å². The third-order valence-corrected chi connectivity index (χ3v) is 19.6. The van der Waals surface area contributed by atoms with Gasteiger partial charge < -0.3 is 0 Å². The molecule has 0 aromatic heterocycles. The minimum absolute atomic E-state index is 0.745. The van der Waals surface area contributed by atoms with Crippen molar-refractivity contribution in [3.63, 3.8) is 0 Å². The molecule has 1 unspecified atom stereocenters. The summed E-state index contributed by atoms with van der Waals surface area (Å²) >= 11 is 23.1. The first-order valence-electron chi connectivity index (χ1n) is 11.6. The summed E-state index contributed by atoms with van der Waals surface area (Å²) in [6, 6.07) is 0. The smallest absolute Gasteiger partial charge is 0.0717 e. The Morgan fingerprint density at radius 3 is 1.69 bits per heavy atom. The predicted molar refractivity (Wildman–Crippen MR) is 173 cm³/mol. The van der Waals surface area contributed by atoms with E-state index in [1.807, 2.05) is 23.5 Å². The van der Waals surface area contributed by atoms with Gasteiger partial charge >= 0.3 is 0 Å². The lowest BCUT2D eigenvalue weighted by Crippen LogP contribution is -2.05. The van der Waals surface area contributed by atoms with Crippen molar-refractivity contribution in [2.75, 3.05) is 28.8 Å². The highest BCUT2D eigenvalue weighted by Gasteiger charge is 2.34. The van der Waals surface area contributed by atoms with Crippen molar-refractivity contribution in [1.29, 1.82) is 0 Å². The van der Waals surface area contributed by atoms with Crippen molar-refractivity contribution >= 4 is 118 Å². The molecule has 1 atom stereocenters. The van der Waals surface area contributed by atoms with Crippen molar-refractivity contribution < 1.29 is 0 Å². The maximum Gasteiger partial charge on any atom is 0.0717 e. The molecule has 0 fully saturated rings. The molecule has 0 N–H and O–H groups in total. The van der Waals surface area contributed by atoms with Crippen LogP contribution in [0.15, 0.2) is 25.4 Å². The average molecular weight is 617 g/mol. The fourth-order valence-corrected chi connectivity index (χ4v) is 18.1. The van der Waals surface area contributed by atoms with E-state index in [1.54, 1.807) is 25.4 Å². The number of rotatable bonds is 13. The van der Waals surface area contributed by atoms with E-state index < -0.39 is 0 Å². The first-order valence-corrected chi connectivity index (χ1v) is 20.3. The summed E-state index contributed by atoms with van der Waals surface area (Å²) in [5.41, 5.74) is 0. The van der Waals surface area contributed by atoms with Crippen molar-refractivity contribution in [3.05, 3.63) is 25.4 Å². The molecule has 32 heavy (non-hydrogen) atoms. The molecular weight excluding hydrogens is 585 g/mol. The molecule has 0 bridgehead atoms. The quantitative estimate of drug-likeness (QED) is 0.157. The first-order chi connectivity index (χ1) is 15.8. The fourth-order valence-electron chi connectivity index (χ4n) is 3.54. The molecule has 0 aromatic rings. The SMILES string of the molecule is SCCCCCCCCCCCCSC1CSC2=C(SC(=C3SC4=C(SCCS4)S3)S2)S1. The molecule has 10 heteroatoms. The van der Waals surface area contributed by atoms with Gasteiger partial charge in [0.15, 0.2) is 0 Å². The van der Waals surface area contributed by atoms with Gasteiger partial charge in [-0.25, -0.2) is 0 Å². The molecule has 0 saturated heterocycles. The number of unbranched alkanes of at least 4 members (excludes halogenated alkanes) is 9. The largest absolute Gasteiger partial charge is 0.179 e. The van der Waals surface area contributed by atoms with E-state index in [0.29, 0.717) is 0 Å². The van der Waals surface area contributed by atoms with Crippen LogP contribution in [0.4, 0.5) is 0 Å². The van der Waals surface area contributed by atoms with Crippen LogP contribution >= 0.6 is 118 Å². The van der Waals surface area contributed by atoms with Gasteiger partial charge in [-0.2, -0.15) is 12.6 Å². The van der Waals surface area contributed by atoms with E-state index >= 15 is 0 Å². The van der Waals surface area contributed by atoms with E-state index in [2.05, 4.69) is 95.0 Å². The standard InChI is InChI=1S/C22H32S10/c23-11-9-7-5-3-1-2-4-6-8-10-12-24-16-15-27-19-20(28-16)32-22(31-19)21-29-17-18(30-21)26-14-13-25-17/h16,23H,1-15H2. The number of thiol groups is 1. The van der Waals surface area contributed by atoms with E-state index in [-0.39, 0.29) is 0 Å². The summed E-state index contributed by atoms with van der Waals surface area (Å²) in [6.45, 7) is 0. The van der Waals surface area contributed by atoms with Gasteiger partial charge in [-0.15, -0.1) is 58.8 Å². The molecule has 0 nitrogen and oxygen atoms in total. The normalized spacial score (nSPS) is 23.3. The summed E-state index contributed by atoms with van der Waals surface area (Å²) in [5, 5.41) is 0. The topological polar surface area (TPSA) is 0 Å². The van der Waals surface area contributed by atoms with Gasteiger partial charge in [0.2, 0.25) is 0 Å². The maximum atomic E-state index is 4.29. The van der Waals surface area contributed by atoms with E-state index in [1.165, 1.54) is 87.2 Å². The van der Waals surface area contributed by atoms with Gasteiger partial charge in [-0.3, -0.25) is 0 Å². The van der Waals surface area contributed by atoms with Crippen LogP contribution in [0.1, 0.15) is 64.2 Å². The lowest BCUT2D eigenvalue weighted by atomic mass is 10.1. The van der Waals surface area contributed by atoms with Crippen LogP contribution < -0.4 is 0 Å². The molecule has 0 amide bonds. The lowest BCUT2D eigenvalue weighted by molar-refractivity contribution is 0.564. The van der Waals surface area contributed by atoms with Crippen molar-refractivity contribution in [3.8, 4) is 0 Å². The molecule has 0 radical (unpaired) electrons. The van der Waals surface area contributed by atoms with Crippen LogP contribution in [0.3, 0.4) is 0 Å². The second-order valence-electron chi connectivity index (χ2n) is 7.82. The summed E-state index contributed by atoms with van der Waals surface area (Å²) in [5.74, 6) is 6.22. The van der Waals surface area contributed by atoms with Crippen LogP contribution in [-0.2, 0) is 0 Å². The third kappa shape index (κ3) is 8.93. The van der Waals surface area contributed by atoms with E-state index in [0.717, 1.165) is 10.3 Å². The van der Waals surface area contributed by atoms with Crippen LogP contribution in [0.25, 0.3) is 0 Å². The zero-order valence-electron chi connectivity index (χ0n) is 18.3. The lowest BCUT2D eigenvalue weighted by Gasteiger charge is -2.20. The van der Waals surface area contributed by atoms with Crippen LogP contribution in [-0.4, -0.2) is 33.3 Å². The average Bonchev–Trinajstić information content (AvgIpc) is 3.43. The van der Waals surface area contributed by atoms with Crippen molar-refractivity contribution in [1.82, 2.24) is 0 Å². The number of thioether (sulfide) groups is 9. The fraction of sp³-hybridized carbons (Fsp3) is 0.727. The Morgan fingerprint density at radius 2 is 1.09 bits per heavy atom. The van der Waals surface area contributed by atoms with Crippen molar-refractivity contribution in [2.24, 2.45) is 0 Å².